The van der Waals surface area contributed by atoms with Crippen LogP contribution in [0.1, 0.15) is 58.3 Å². The second-order valence-corrected chi connectivity index (χ2v) is 6.88. The third-order valence-electron chi connectivity index (χ3n) is 5.98. The summed E-state index contributed by atoms with van der Waals surface area (Å²) < 4.78 is 0. The van der Waals surface area contributed by atoms with Gasteiger partial charge in [-0.25, -0.2) is 0 Å². The molecule has 0 amide bonds. The average Bonchev–Trinajstić information content (AvgIpc) is 2.93. The Hall–Kier alpha value is -0.550. The van der Waals surface area contributed by atoms with Crippen LogP contribution in [0.3, 0.4) is 0 Å². The number of hydrogen-bond donors (Lipinski definition) is 1. The van der Waals surface area contributed by atoms with Crippen molar-refractivity contribution in [3.63, 3.8) is 0 Å². The third kappa shape index (κ3) is 1.48. The molecule has 3 unspecified atom stereocenters. The number of fused-ring (bicyclic) bond motifs is 2. The summed E-state index contributed by atoms with van der Waals surface area (Å²) in [7, 11) is 0. The zero-order chi connectivity index (χ0) is 12.1. The number of nitriles is 1. The molecule has 0 aromatic carbocycles. The lowest BCUT2D eigenvalue weighted by Gasteiger charge is -2.48. The van der Waals surface area contributed by atoms with Gasteiger partial charge < -0.3 is 5.11 Å². The molecule has 0 saturated heterocycles. The van der Waals surface area contributed by atoms with Gasteiger partial charge in [-0.1, -0.05) is 13.3 Å². The largest absolute Gasteiger partial charge is 0.388 e. The minimum absolute atomic E-state index is 0.393. The van der Waals surface area contributed by atoms with Crippen LogP contribution in [0.15, 0.2) is 0 Å². The fraction of sp³-hybridized carbons (Fsp3) is 0.933. The predicted molar refractivity (Wildman–Crippen MR) is 66.1 cm³/mol. The topological polar surface area (TPSA) is 44.0 Å². The lowest BCUT2D eigenvalue weighted by Crippen LogP contribution is -2.52. The summed E-state index contributed by atoms with van der Waals surface area (Å²) in [4.78, 5) is 0. The molecule has 3 fully saturated rings. The fourth-order valence-electron chi connectivity index (χ4n) is 4.83. The van der Waals surface area contributed by atoms with Gasteiger partial charge in [-0.2, -0.15) is 5.26 Å². The Morgan fingerprint density at radius 3 is 2.35 bits per heavy atom. The van der Waals surface area contributed by atoms with E-state index in [1.165, 1.54) is 19.3 Å². The highest BCUT2D eigenvalue weighted by molar-refractivity contribution is 5.20. The maximum Gasteiger partial charge on any atom is 0.0890 e. The summed E-state index contributed by atoms with van der Waals surface area (Å²) >= 11 is 0. The molecule has 0 heterocycles. The highest BCUT2D eigenvalue weighted by Gasteiger charge is 2.62. The summed E-state index contributed by atoms with van der Waals surface area (Å²) in [5, 5.41) is 20.8. The molecule has 17 heavy (non-hydrogen) atoms. The molecule has 0 radical (unpaired) electrons. The fourth-order valence-corrected chi connectivity index (χ4v) is 4.83. The van der Waals surface area contributed by atoms with Gasteiger partial charge in [0.25, 0.3) is 0 Å². The first-order valence-corrected chi connectivity index (χ1v) is 7.23. The van der Waals surface area contributed by atoms with E-state index in [1.807, 2.05) is 0 Å². The van der Waals surface area contributed by atoms with Gasteiger partial charge in [0.1, 0.15) is 0 Å². The highest BCUT2D eigenvalue weighted by Crippen LogP contribution is 2.63. The van der Waals surface area contributed by atoms with Crippen molar-refractivity contribution in [3.8, 4) is 6.07 Å². The Morgan fingerprint density at radius 1 is 1.18 bits per heavy atom. The van der Waals surface area contributed by atoms with Crippen molar-refractivity contribution in [1.82, 2.24) is 0 Å². The van der Waals surface area contributed by atoms with Gasteiger partial charge in [0, 0.05) is 0 Å². The Bertz CT molecular complexity index is 350. The molecule has 0 aromatic heterocycles. The first kappa shape index (κ1) is 11.5. The maximum atomic E-state index is 11.0. The van der Waals surface area contributed by atoms with Crippen LogP contribution in [0.2, 0.25) is 0 Å². The number of nitrogens with zero attached hydrogens (tertiary/aromatic N) is 1. The van der Waals surface area contributed by atoms with E-state index >= 15 is 0 Å². The van der Waals surface area contributed by atoms with E-state index in [9.17, 15) is 10.4 Å². The Kier molecular flexibility index (Phi) is 2.52. The van der Waals surface area contributed by atoms with E-state index in [0.29, 0.717) is 5.92 Å². The number of aliphatic hydroxyl groups is 1. The molecule has 2 heteroatoms. The molecule has 0 aromatic rings. The third-order valence-corrected chi connectivity index (χ3v) is 5.98. The van der Waals surface area contributed by atoms with Crippen molar-refractivity contribution in [2.24, 2.45) is 23.2 Å². The zero-order valence-electron chi connectivity index (χ0n) is 10.8. The van der Waals surface area contributed by atoms with Crippen LogP contribution in [-0.2, 0) is 0 Å². The second-order valence-electron chi connectivity index (χ2n) is 6.88. The van der Waals surface area contributed by atoms with Crippen molar-refractivity contribution < 1.29 is 5.11 Å². The van der Waals surface area contributed by atoms with Gasteiger partial charge in [-0.15, -0.1) is 0 Å². The summed E-state index contributed by atoms with van der Waals surface area (Å²) in [6.45, 7) is 2.26. The summed E-state index contributed by atoms with van der Waals surface area (Å²) in [5.74, 6) is 1.93. The summed E-state index contributed by atoms with van der Waals surface area (Å²) in [6.07, 6.45) is 8.53. The van der Waals surface area contributed by atoms with E-state index < -0.39 is 11.0 Å². The van der Waals surface area contributed by atoms with Crippen LogP contribution in [0, 0.1) is 34.5 Å². The van der Waals surface area contributed by atoms with Gasteiger partial charge in [-0.3, -0.25) is 0 Å². The van der Waals surface area contributed by atoms with E-state index in [4.69, 9.17) is 0 Å². The van der Waals surface area contributed by atoms with E-state index in [1.54, 1.807) is 0 Å². The molecule has 3 aliphatic rings. The normalized spacial score (nSPS) is 53.6. The molecular formula is C15H23NO. The predicted octanol–water partition coefficient (Wildman–Crippen LogP) is 3.26. The first-order valence-electron chi connectivity index (χ1n) is 7.23. The Labute approximate surface area is 104 Å². The zero-order valence-corrected chi connectivity index (χ0v) is 10.8. The van der Waals surface area contributed by atoms with Crippen molar-refractivity contribution >= 4 is 0 Å². The molecule has 2 nitrogen and oxygen atoms in total. The average molecular weight is 233 g/mol. The quantitative estimate of drug-likeness (QED) is 0.755. The Morgan fingerprint density at radius 2 is 1.88 bits per heavy atom. The molecule has 0 aliphatic heterocycles. The summed E-state index contributed by atoms with van der Waals surface area (Å²) in [6, 6.07) is 2.58. The van der Waals surface area contributed by atoms with Gasteiger partial charge in [0.2, 0.25) is 0 Å². The minimum atomic E-state index is -0.673. The van der Waals surface area contributed by atoms with Crippen molar-refractivity contribution in [3.05, 3.63) is 0 Å². The summed E-state index contributed by atoms with van der Waals surface area (Å²) in [5.41, 5.74) is -1.07. The van der Waals surface area contributed by atoms with Crippen LogP contribution in [0.25, 0.3) is 0 Å². The molecule has 1 N–H and O–H groups in total. The monoisotopic (exact) mass is 233 g/mol. The molecule has 3 saturated carbocycles. The lowest BCUT2D eigenvalue weighted by molar-refractivity contribution is -0.112. The number of rotatable bonds is 1. The van der Waals surface area contributed by atoms with E-state index in [-0.39, 0.29) is 0 Å². The van der Waals surface area contributed by atoms with Crippen molar-refractivity contribution in [2.75, 3.05) is 0 Å². The highest BCUT2D eigenvalue weighted by atomic mass is 16.3. The first-order chi connectivity index (χ1) is 8.10. The van der Waals surface area contributed by atoms with Crippen LogP contribution in [0.5, 0.6) is 0 Å². The van der Waals surface area contributed by atoms with Gasteiger partial charge >= 0.3 is 0 Å². The molecular weight excluding hydrogens is 210 g/mol. The maximum absolute atomic E-state index is 11.0. The SMILES string of the molecule is CC1CCC(O)(C2(C#N)CC3CCC2C3)CC1. The molecule has 0 spiro atoms. The van der Waals surface area contributed by atoms with Gasteiger partial charge in [0.15, 0.2) is 0 Å². The van der Waals surface area contributed by atoms with Crippen LogP contribution >= 0.6 is 0 Å². The molecule has 3 atom stereocenters. The standard InChI is InChI=1S/C15H23NO/c1-11-4-6-15(17,7-5-11)14(10-16)9-12-2-3-13(14)8-12/h11-13,17H,2-9H2,1H3. The van der Waals surface area contributed by atoms with Crippen LogP contribution in [0.4, 0.5) is 0 Å². The number of hydrogen-bond acceptors (Lipinski definition) is 2. The molecule has 3 rings (SSSR count). The Balaban J connectivity index is 1.89. The molecule has 3 aliphatic carbocycles. The van der Waals surface area contributed by atoms with Gasteiger partial charge in [0.05, 0.1) is 17.1 Å². The van der Waals surface area contributed by atoms with E-state index in [0.717, 1.165) is 43.9 Å². The van der Waals surface area contributed by atoms with Crippen molar-refractivity contribution in [1.29, 1.82) is 5.26 Å². The van der Waals surface area contributed by atoms with Crippen molar-refractivity contribution in [2.45, 2.75) is 63.9 Å². The smallest absolute Gasteiger partial charge is 0.0890 e. The minimum Gasteiger partial charge on any atom is -0.388 e. The lowest BCUT2D eigenvalue weighted by atomic mass is 9.58. The van der Waals surface area contributed by atoms with Crippen LogP contribution in [-0.4, -0.2) is 10.7 Å². The second kappa shape index (κ2) is 3.72. The molecule has 94 valence electrons. The van der Waals surface area contributed by atoms with Crippen LogP contribution < -0.4 is 0 Å². The van der Waals surface area contributed by atoms with Gasteiger partial charge in [-0.05, 0) is 62.7 Å². The van der Waals surface area contributed by atoms with E-state index in [2.05, 4.69) is 13.0 Å². The molecule has 2 bridgehead atoms.